The van der Waals surface area contributed by atoms with Crippen molar-refractivity contribution < 1.29 is 0 Å². The van der Waals surface area contributed by atoms with E-state index in [1.807, 2.05) is 6.07 Å². The molecule has 0 spiro atoms. The van der Waals surface area contributed by atoms with Gasteiger partial charge in [-0.15, -0.1) is 11.3 Å². The normalized spacial score (nSPS) is 10.5. The van der Waals surface area contributed by atoms with E-state index in [9.17, 15) is 0 Å². The maximum atomic E-state index is 8.78. The zero-order valence-corrected chi connectivity index (χ0v) is 10.2. The van der Waals surface area contributed by atoms with Gasteiger partial charge in [-0.3, -0.25) is 0 Å². The topological polar surface area (TPSA) is 36.7 Å². The third-order valence-corrected chi connectivity index (χ3v) is 3.54. The van der Waals surface area contributed by atoms with E-state index in [0.717, 1.165) is 16.6 Å². The van der Waals surface area contributed by atoms with Crippen LogP contribution in [-0.2, 0) is 6.42 Å². The first-order chi connectivity index (χ1) is 7.83. The van der Waals surface area contributed by atoms with Crippen LogP contribution in [0.4, 0.5) is 0 Å². The average molecular weight is 230 g/mol. The van der Waals surface area contributed by atoms with Gasteiger partial charge in [-0.25, -0.2) is 4.98 Å². The molecule has 0 aliphatic heterocycles. The zero-order valence-electron chi connectivity index (χ0n) is 9.36. The first kappa shape index (κ1) is 11.1. The summed E-state index contributed by atoms with van der Waals surface area (Å²) >= 11 is 1.48. The van der Waals surface area contributed by atoms with Crippen LogP contribution in [-0.4, -0.2) is 4.98 Å². The molecule has 0 N–H and O–H groups in total. The number of aromatic nitrogens is 1. The number of hydrogen-bond donors (Lipinski definition) is 0. The Morgan fingerprint density at radius 1 is 1.38 bits per heavy atom. The minimum Gasteiger partial charge on any atom is -0.226 e. The Bertz CT molecular complexity index is 522. The standard InChI is InChI=1S/C13H14N2S/c1-2-3-4-5-10-6-7-11-12(8-10)16-13(9-14)15-11/h6-8H,2-5H2,1H3. The highest BCUT2D eigenvalue weighted by atomic mass is 32.1. The number of unbranched alkanes of at least 4 members (excludes halogenated alkanes) is 2. The van der Waals surface area contributed by atoms with Gasteiger partial charge < -0.3 is 0 Å². The number of nitrogens with zero attached hydrogens (tertiary/aromatic N) is 2. The number of rotatable bonds is 4. The van der Waals surface area contributed by atoms with E-state index in [1.165, 1.54) is 36.2 Å². The van der Waals surface area contributed by atoms with Gasteiger partial charge in [-0.05, 0) is 30.5 Å². The monoisotopic (exact) mass is 230 g/mol. The average Bonchev–Trinajstić information content (AvgIpc) is 2.71. The van der Waals surface area contributed by atoms with Crippen molar-refractivity contribution in [3.8, 4) is 6.07 Å². The number of nitriles is 1. The van der Waals surface area contributed by atoms with Gasteiger partial charge in [0.05, 0.1) is 10.2 Å². The lowest BCUT2D eigenvalue weighted by atomic mass is 10.1. The Kier molecular flexibility index (Phi) is 3.53. The number of fused-ring (bicyclic) bond motifs is 1. The first-order valence-corrected chi connectivity index (χ1v) is 6.44. The molecule has 1 aromatic carbocycles. The molecular weight excluding hydrogens is 216 g/mol. The molecule has 0 aliphatic rings. The molecule has 0 radical (unpaired) electrons. The third-order valence-electron chi connectivity index (χ3n) is 2.62. The van der Waals surface area contributed by atoms with Gasteiger partial charge in [-0.1, -0.05) is 25.8 Å². The van der Waals surface area contributed by atoms with E-state index in [1.54, 1.807) is 0 Å². The molecule has 3 heteroatoms. The summed E-state index contributed by atoms with van der Waals surface area (Å²) in [5.74, 6) is 0. The minimum absolute atomic E-state index is 0.556. The van der Waals surface area contributed by atoms with Crippen LogP contribution in [0.3, 0.4) is 0 Å². The second kappa shape index (κ2) is 5.09. The summed E-state index contributed by atoms with van der Waals surface area (Å²) < 4.78 is 1.13. The van der Waals surface area contributed by atoms with E-state index >= 15 is 0 Å². The lowest BCUT2D eigenvalue weighted by Gasteiger charge is -1.99. The number of thiazole rings is 1. The zero-order chi connectivity index (χ0) is 11.4. The number of aryl methyl sites for hydroxylation is 1. The van der Waals surface area contributed by atoms with Crippen molar-refractivity contribution in [2.24, 2.45) is 0 Å². The van der Waals surface area contributed by atoms with Gasteiger partial charge in [0.2, 0.25) is 0 Å². The molecule has 0 saturated carbocycles. The molecule has 2 aromatic rings. The van der Waals surface area contributed by atoms with Crippen LogP contribution in [0, 0.1) is 11.3 Å². The highest BCUT2D eigenvalue weighted by molar-refractivity contribution is 7.19. The molecule has 1 aromatic heterocycles. The lowest BCUT2D eigenvalue weighted by Crippen LogP contribution is -1.84. The Morgan fingerprint density at radius 2 is 2.25 bits per heavy atom. The van der Waals surface area contributed by atoms with Gasteiger partial charge in [0.25, 0.3) is 0 Å². The molecule has 1 heterocycles. The Morgan fingerprint density at radius 3 is 3.00 bits per heavy atom. The van der Waals surface area contributed by atoms with Gasteiger partial charge in [0.15, 0.2) is 5.01 Å². The van der Waals surface area contributed by atoms with Gasteiger partial charge >= 0.3 is 0 Å². The van der Waals surface area contributed by atoms with Gasteiger partial charge in [-0.2, -0.15) is 5.26 Å². The minimum atomic E-state index is 0.556. The van der Waals surface area contributed by atoms with E-state index in [2.05, 4.69) is 30.1 Å². The lowest BCUT2D eigenvalue weighted by molar-refractivity contribution is 0.718. The smallest absolute Gasteiger partial charge is 0.195 e. The van der Waals surface area contributed by atoms with Crippen LogP contribution in [0.2, 0.25) is 0 Å². The van der Waals surface area contributed by atoms with E-state index in [4.69, 9.17) is 5.26 Å². The van der Waals surface area contributed by atoms with Crippen molar-refractivity contribution in [2.75, 3.05) is 0 Å². The highest BCUT2D eigenvalue weighted by Gasteiger charge is 2.03. The van der Waals surface area contributed by atoms with Crippen molar-refractivity contribution in [3.05, 3.63) is 28.8 Å². The number of hydrogen-bond acceptors (Lipinski definition) is 3. The summed E-state index contributed by atoms with van der Waals surface area (Å²) in [5, 5.41) is 9.34. The van der Waals surface area contributed by atoms with Crippen molar-refractivity contribution in [2.45, 2.75) is 32.6 Å². The van der Waals surface area contributed by atoms with Crippen molar-refractivity contribution in [1.29, 1.82) is 5.26 Å². The molecule has 0 saturated heterocycles. The molecule has 0 atom stereocenters. The molecule has 0 unspecified atom stereocenters. The molecule has 2 nitrogen and oxygen atoms in total. The maximum absolute atomic E-state index is 8.78. The molecular formula is C13H14N2S. The predicted molar refractivity (Wildman–Crippen MR) is 67.6 cm³/mol. The second-order valence-corrected chi connectivity index (χ2v) is 4.92. The summed E-state index contributed by atoms with van der Waals surface area (Å²) in [4.78, 5) is 4.23. The van der Waals surface area contributed by atoms with Gasteiger partial charge in [0, 0.05) is 0 Å². The van der Waals surface area contributed by atoms with Crippen molar-refractivity contribution in [3.63, 3.8) is 0 Å². The van der Waals surface area contributed by atoms with Crippen molar-refractivity contribution in [1.82, 2.24) is 4.98 Å². The Hall–Kier alpha value is -1.40. The molecule has 0 aliphatic carbocycles. The van der Waals surface area contributed by atoms with Crippen LogP contribution in [0.25, 0.3) is 10.2 Å². The maximum Gasteiger partial charge on any atom is 0.195 e. The van der Waals surface area contributed by atoms with Crippen LogP contribution in [0.1, 0.15) is 36.8 Å². The van der Waals surface area contributed by atoms with Crippen LogP contribution in [0.5, 0.6) is 0 Å². The van der Waals surface area contributed by atoms with E-state index in [-0.39, 0.29) is 0 Å². The van der Waals surface area contributed by atoms with Crippen LogP contribution in [0.15, 0.2) is 18.2 Å². The first-order valence-electron chi connectivity index (χ1n) is 5.63. The fourth-order valence-electron chi connectivity index (χ4n) is 1.75. The Labute approximate surface area is 99.6 Å². The number of benzene rings is 1. The van der Waals surface area contributed by atoms with Crippen LogP contribution < -0.4 is 0 Å². The van der Waals surface area contributed by atoms with E-state index < -0.39 is 0 Å². The second-order valence-electron chi connectivity index (χ2n) is 3.89. The summed E-state index contributed by atoms with van der Waals surface area (Å²) in [7, 11) is 0. The molecule has 2 rings (SSSR count). The fourth-order valence-corrected chi connectivity index (χ4v) is 2.58. The van der Waals surface area contributed by atoms with E-state index in [0.29, 0.717) is 5.01 Å². The predicted octanol–water partition coefficient (Wildman–Crippen LogP) is 3.90. The molecule has 0 fully saturated rings. The molecule has 82 valence electrons. The molecule has 16 heavy (non-hydrogen) atoms. The molecule has 0 bridgehead atoms. The van der Waals surface area contributed by atoms with Crippen molar-refractivity contribution >= 4 is 21.6 Å². The summed E-state index contributed by atoms with van der Waals surface area (Å²) in [6.45, 7) is 2.21. The van der Waals surface area contributed by atoms with Crippen LogP contribution >= 0.6 is 11.3 Å². The fraction of sp³-hybridized carbons (Fsp3) is 0.385. The van der Waals surface area contributed by atoms with Gasteiger partial charge in [0.1, 0.15) is 6.07 Å². The summed E-state index contributed by atoms with van der Waals surface area (Å²) in [5.41, 5.74) is 2.30. The summed E-state index contributed by atoms with van der Waals surface area (Å²) in [6, 6.07) is 8.41. The quantitative estimate of drug-likeness (QED) is 0.747. The Balaban J connectivity index is 2.19. The largest absolute Gasteiger partial charge is 0.226 e. The molecule has 0 amide bonds. The highest BCUT2D eigenvalue weighted by Crippen LogP contribution is 2.23. The summed E-state index contributed by atoms with van der Waals surface area (Å²) in [6.07, 6.45) is 4.90. The SMILES string of the molecule is CCCCCc1ccc2nc(C#N)sc2c1. The third kappa shape index (κ3) is 2.40.